The number of carbonyl (C=O) groups excluding carboxylic acids is 1. The lowest BCUT2D eigenvalue weighted by atomic mass is 10.1. The van der Waals surface area contributed by atoms with Gasteiger partial charge in [0.05, 0.1) is 26.2 Å². The highest BCUT2D eigenvalue weighted by Crippen LogP contribution is 2.17. The molecule has 0 atom stereocenters. The van der Waals surface area contributed by atoms with E-state index in [-0.39, 0.29) is 5.78 Å². The topological polar surface area (TPSA) is 24.8 Å². The number of hydrogen-bond donors (Lipinski definition) is 1. The van der Waals surface area contributed by atoms with Gasteiger partial charge in [0.1, 0.15) is 6.54 Å². The van der Waals surface area contributed by atoms with Crippen LogP contribution < -0.4 is 9.80 Å². The van der Waals surface area contributed by atoms with Crippen molar-refractivity contribution in [3.05, 3.63) is 64.1 Å². The van der Waals surface area contributed by atoms with Crippen LogP contribution >= 0.6 is 15.9 Å². The van der Waals surface area contributed by atoms with Crippen LogP contribution in [0.2, 0.25) is 0 Å². The van der Waals surface area contributed by atoms with Crippen molar-refractivity contribution in [1.29, 1.82) is 0 Å². The Morgan fingerprint density at radius 3 is 2.35 bits per heavy atom. The van der Waals surface area contributed by atoms with Gasteiger partial charge in [0, 0.05) is 21.3 Å². The van der Waals surface area contributed by atoms with Gasteiger partial charge >= 0.3 is 0 Å². The van der Waals surface area contributed by atoms with Crippen LogP contribution in [0.5, 0.6) is 0 Å². The summed E-state index contributed by atoms with van der Waals surface area (Å²) in [7, 11) is 0. The highest BCUT2D eigenvalue weighted by Gasteiger charge is 2.21. The number of halogens is 1. The van der Waals surface area contributed by atoms with Crippen LogP contribution in [0, 0.1) is 0 Å². The molecule has 4 heteroatoms. The minimum Gasteiger partial charge on any atom is -0.360 e. The average molecular weight is 374 g/mol. The van der Waals surface area contributed by atoms with Crippen LogP contribution in [0.25, 0.3) is 0 Å². The van der Waals surface area contributed by atoms with E-state index in [4.69, 9.17) is 0 Å². The molecule has 0 amide bonds. The van der Waals surface area contributed by atoms with Crippen LogP contribution in [-0.4, -0.2) is 32.0 Å². The summed E-state index contributed by atoms with van der Waals surface area (Å²) in [6, 6.07) is 16.5. The first-order valence-corrected chi connectivity index (χ1v) is 8.86. The van der Waals surface area contributed by atoms with Crippen molar-refractivity contribution >= 4 is 27.4 Å². The first-order chi connectivity index (χ1) is 11.1. The third-order valence-corrected chi connectivity index (χ3v) is 5.28. The van der Waals surface area contributed by atoms with E-state index in [2.05, 4.69) is 57.2 Å². The Balaban J connectivity index is 1.58. The average Bonchev–Trinajstić information content (AvgIpc) is 2.58. The predicted molar refractivity (Wildman–Crippen MR) is 97.2 cm³/mol. The van der Waals surface area contributed by atoms with Gasteiger partial charge in [-0.1, -0.05) is 34.1 Å². The first kappa shape index (κ1) is 16.2. The summed E-state index contributed by atoms with van der Waals surface area (Å²) in [6.45, 7) is 7.06. The molecule has 3 rings (SSSR count). The van der Waals surface area contributed by atoms with Crippen molar-refractivity contribution < 1.29 is 9.69 Å². The highest BCUT2D eigenvalue weighted by molar-refractivity contribution is 9.10. The second-order valence-electron chi connectivity index (χ2n) is 6.11. The molecule has 1 saturated heterocycles. The number of nitrogens with one attached hydrogen (secondary N) is 1. The van der Waals surface area contributed by atoms with Crippen molar-refractivity contribution in [1.82, 2.24) is 0 Å². The van der Waals surface area contributed by atoms with Crippen LogP contribution in [0.1, 0.15) is 22.8 Å². The smallest absolute Gasteiger partial charge is 0.159 e. The predicted octanol–water partition coefficient (Wildman–Crippen LogP) is 2.56. The van der Waals surface area contributed by atoms with Crippen molar-refractivity contribution in [2.24, 2.45) is 0 Å². The fourth-order valence-electron chi connectivity index (χ4n) is 3.08. The van der Waals surface area contributed by atoms with E-state index in [1.807, 2.05) is 12.1 Å². The first-order valence-electron chi connectivity index (χ1n) is 8.06. The normalized spacial score (nSPS) is 15.7. The van der Waals surface area contributed by atoms with Crippen molar-refractivity contribution in [2.45, 2.75) is 13.5 Å². The van der Waals surface area contributed by atoms with Crippen LogP contribution in [0.15, 0.2) is 53.0 Å². The number of anilines is 1. The van der Waals surface area contributed by atoms with Crippen LogP contribution in [0.4, 0.5) is 5.69 Å². The van der Waals surface area contributed by atoms with Gasteiger partial charge < -0.3 is 9.80 Å². The molecule has 1 N–H and O–H groups in total. The molecule has 0 unspecified atom stereocenters. The third-order valence-electron chi connectivity index (χ3n) is 4.51. The Bertz CT molecular complexity index is 676. The fraction of sp³-hybridized carbons (Fsp3) is 0.316. The summed E-state index contributed by atoms with van der Waals surface area (Å²) in [5, 5.41) is 0. The number of Topliss-reactive ketones (excluding diaryl/α,β-unsaturated/α-hetero) is 1. The van der Waals surface area contributed by atoms with E-state index >= 15 is 0 Å². The number of piperazine rings is 1. The molecule has 1 fully saturated rings. The van der Waals surface area contributed by atoms with Gasteiger partial charge in [0.2, 0.25) is 0 Å². The Labute approximate surface area is 146 Å². The molecule has 120 valence electrons. The summed E-state index contributed by atoms with van der Waals surface area (Å²) in [6.07, 6.45) is 0. The molecule has 0 saturated carbocycles. The van der Waals surface area contributed by atoms with E-state index in [9.17, 15) is 4.79 Å². The van der Waals surface area contributed by atoms with E-state index in [0.717, 1.165) is 38.3 Å². The SMILES string of the molecule is CC(=O)c1ccc(N2CC[NH+](Cc3ccccc3Br)CC2)cc1. The zero-order valence-corrected chi connectivity index (χ0v) is 15.0. The lowest BCUT2D eigenvalue weighted by Gasteiger charge is -2.34. The van der Waals surface area contributed by atoms with Crippen molar-refractivity contribution in [2.75, 3.05) is 31.1 Å². The summed E-state index contributed by atoms with van der Waals surface area (Å²) < 4.78 is 1.20. The minimum absolute atomic E-state index is 0.124. The van der Waals surface area contributed by atoms with E-state index in [1.54, 1.807) is 11.8 Å². The molecule has 0 aliphatic carbocycles. The molecule has 23 heavy (non-hydrogen) atoms. The van der Waals surface area contributed by atoms with Crippen molar-refractivity contribution in [3.8, 4) is 0 Å². The molecule has 3 nitrogen and oxygen atoms in total. The molecular formula is C19H22BrN2O+. The summed E-state index contributed by atoms with van der Waals surface area (Å²) in [5.41, 5.74) is 3.38. The molecule has 2 aromatic carbocycles. The Hall–Kier alpha value is -1.65. The largest absolute Gasteiger partial charge is 0.360 e. The maximum absolute atomic E-state index is 11.4. The van der Waals surface area contributed by atoms with E-state index in [1.165, 1.54) is 15.7 Å². The molecule has 1 aliphatic heterocycles. The van der Waals surface area contributed by atoms with Gasteiger partial charge in [-0.2, -0.15) is 0 Å². The standard InChI is InChI=1S/C19H21BrN2O/c1-15(23)16-6-8-18(9-7-16)22-12-10-21(11-13-22)14-17-4-2-3-5-19(17)20/h2-9H,10-14H2,1H3/p+1. The molecule has 1 aliphatic rings. The van der Waals surface area contributed by atoms with Crippen molar-refractivity contribution in [3.63, 3.8) is 0 Å². The van der Waals surface area contributed by atoms with Gasteiger partial charge in [0.25, 0.3) is 0 Å². The lowest BCUT2D eigenvalue weighted by Crippen LogP contribution is -3.13. The third kappa shape index (κ3) is 4.01. The van der Waals surface area contributed by atoms with Gasteiger partial charge in [-0.3, -0.25) is 4.79 Å². The fourth-order valence-corrected chi connectivity index (χ4v) is 3.50. The Morgan fingerprint density at radius 2 is 1.74 bits per heavy atom. The van der Waals surface area contributed by atoms with E-state index < -0.39 is 0 Å². The summed E-state index contributed by atoms with van der Waals surface area (Å²) in [5.74, 6) is 0.124. The zero-order valence-electron chi connectivity index (χ0n) is 13.4. The molecule has 1 heterocycles. The van der Waals surface area contributed by atoms with Crippen LogP contribution in [-0.2, 0) is 6.54 Å². The Morgan fingerprint density at radius 1 is 1.09 bits per heavy atom. The molecule has 0 spiro atoms. The van der Waals surface area contributed by atoms with Gasteiger partial charge in [-0.15, -0.1) is 0 Å². The maximum Gasteiger partial charge on any atom is 0.159 e. The molecule has 2 aromatic rings. The number of quaternary nitrogens is 1. The number of nitrogens with zero attached hydrogens (tertiary/aromatic N) is 1. The molecule has 0 aromatic heterocycles. The quantitative estimate of drug-likeness (QED) is 0.833. The monoisotopic (exact) mass is 373 g/mol. The Kier molecular flexibility index (Phi) is 5.13. The number of ketones is 1. The maximum atomic E-state index is 11.4. The van der Waals surface area contributed by atoms with Gasteiger partial charge in [-0.05, 0) is 37.3 Å². The zero-order chi connectivity index (χ0) is 16.2. The summed E-state index contributed by atoms with van der Waals surface area (Å²) >= 11 is 3.64. The van der Waals surface area contributed by atoms with E-state index in [0.29, 0.717) is 0 Å². The number of hydrogen-bond acceptors (Lipinski definition) is 2. The molecule has 0 bridgehead atoms. The number of rotatable bonds is 4. The van der Waals surface area contributed by atoms with Gasteiger partial charge in [-0.25, -0.2) is 0 Å². The second kappa shape index (κ2) is 7.28. The number of benzene rings is 2. The number of carbonyl (C=O) groups is 1. The second-order valence-corrected chi connectivity index (χ2v) is 6.96. The molecule has 0 radical (unpaired) electrons. The van der Waals surface area contributed by atoms with Crippen LogP contribution in [0.3, 0.4) is 0 Å². The lowest BCUT2D eigenvalue weighted by molar-refractivity contribution is -0.914. The van der Waals surface area contributed by atoms with Gasteiger partial charge in [0.15, 0.2) is 5.78 Å². The molecular weight excluding hydrogens is 352 g/mol. The minimum atomic E-state index is 0.124. The highest BCUT2D eigenvalue weighted by atomic mass is 79.9. The summed E-state index contributed by atoms with van der Waals surface area (Å²) in [4.78, 5) is 15.4.